The lowest BCUT2D eigenvalue weighted by molar-refractivity contribution is -0.124. The number of carbonyl (C=O) groups is 1. The van der Waals surface area contributed by atoms with Crippen LogP contribution in [0.3, 0.4) is 0 Å². The number of carbonyl (C=O) groups excluding carboxylic acids is 1. The minimum atomic E-state index is 0. The van der Waals surface area contributed by atoms with Gasteiger partial charge in [0, 0.05) is 18.4 Å². The van der Waals surface area contributed by atoms with E-state index in [0.717, 1.165) is 19.3 Å². The lowest BCUT2D eigenvalue weighted by atomic mass is 9.85. The molecule has 0 saturated heterocycles. The molecule has 2 nitrogen and oxygen atoms in total. The largest absolute Gasteiger partial charge is 0.327 e. The summed E-state index contributed by atoms with van der Waals surface area (Å²) in [6.07, 6.45) is 2.76. The Morgan fingerprint density at radius 3 is 2.60 bits per heavy atom. The van der Waals surface area contributed by atoms with Crippen LogP contribution in [0.2, 0.25) is 0 Å². The number of halogens is 1. The molecule has 0 unspecified atom stereocenters. The second-order valence-electron chi connectivity index (χ2n) is 2.81. The number of ketones is 1. The third-order valence-electron chi connectivity index (χ3n) is 2.11. The summed E-state index contributed by atoms with van der Waals surface area (Å²) in [5, 5.41) is 0. The van der Waals surface area contributed by atoms with E-state index in [1.807, 2.05) is 6.92 Å². The van der Waals surface area contributed by atoms with E-state index in [1.165, 1.54) is 0 Å². The number of nitrogens with two attached hydrogens (primary N) is 1. The van der Waals surface area contributed by atoms with Crippen LogP contribution in [0.15, 0.2) is 0 Å². The van der Waals surface area contributed by atoms with Crippen molar-refractivity contribution in [2.24, 2.45) is 11.7 Å². The first-order chi connectivity index (χ1) is 4.22. The first kappa shape index (κ1) is 9.92. The van der Waals surface area contributed by atoms with Crippen molar-refractivity contribution in [2.45, 2.75) is 32.2 Å². The van der Waals surface area contributed by atoms with Gasteiger partial charge in [-0.3, -0.25) is 4.79 Å². The van der Waals surface area contributed by atoms with E-state index in [0.29, 0.717) is 5.78 Å². The summed E-state index contributed by atoms with van der Waals surface area (Å²) in [4.78, 5) is 10.9. The molecule has 3 heteroatoms. The molecule has 1 aliphatic carbocycles. The molecule has 0 radical (unpaired) electrons. The van der Waals surface area contributed by atoms with Crippen LogP contribution in [0, 0.1) is 5.92 Å². The fraction of sp³-hybridized carbons (Fsp3) is 0.857. The summed E-state index contributed by atoms with van der Waals surface area (Å²) >= 11 is 0. The quantitative estimate of drug-likeness (QED) is 0.582. The number of hydrogen-bond acceptors (Lipinski definition) is 2. The highest BCUT2D eigenvalue weighted by Crippen LogP contribution is 2.18. The molecule has 1 saturated carbocycles. The van der Waals surface area contributed by atoms with Gasteiger partial charge in [-0.2, -0.15) is 0 Å². The second kappa shape index (κ2) is 3.94. The van der Waals surface area contributed by atoms with Crippen molar-refractivity contribution >= 4 is 18.2 Å². The van der Waals surface area contributed by atoms with Gasteiger partial charge in [0.1, 0.15) is 5.78 Å². The van der Waals surface area contributed by atoms with Crippen molar-refractivity contribution in [3.8, 4) is 0 Å². The number of rotatable bonds is 0. The molecule has 1 rings (SSSR count). The standard InChI is InChI=1S/C7H13NO.ClH/c1-5-6(8)3-2-4-7(5)9;/h5-6H,2-4,8H2,1H3;1H/t5-,6-;/m0./s1. The zero-order chi connectivity index (χ0) is 6.85. The summed E-state index contributed by atoms with van der Waals surface area (Å²) in [7, 11) is 0. The fourth-order valence-corrected chi connectivity index (χ4v) is 1.23. The first-order valence-corrected chi connectivity index (χ1v) is 3.50. The van der Waals surface area contributed by atoms with Crippen LogP contribution in [-0.4, -0.2) is 11.8 Å². The van der Waals surface area contributed by atoms with Gasteiger partial charge < -0.3 is 5.73 Å². The van der Waals surface area contributed by atoms with Crippen LogP contribution in [0.5, 0.6) is 0 Å². The Balaban J connectivity index is 0.000000810. The van der Waals surface area contributed by atoms with Gasteiger partial charge in [-0.05, 0) is 12.8 Å². The molecule has 0 amide bonds. The van der Waals surface area contributed by atoms with E-state index in [-0.39, 0.29) is 24.4 Å². The average molecular weight is 164 g/mol. The van der Waals surface area contributed by atoms with Crippen molar-refractivity contribution < 1.29 is 4.79 Å². The minimum absolute atomic E-state index is 0. The molecular formula is C7H14ClNO. The van der Waals surface area contributed by atoms with Gasteiger partial charge in [0.2, 0.25) is 0 Å². The Hall–Kier alpha value is -0.0800. The summed E-state index contributed by atoms with van der Waals surface area (Å²) in [6, 6.07) is 0.131. The highest BCUT2D eigenvalue weighted by molar-refractivity contribution is 5.85. The maximum absolute atomic E-state index is 10.9. The van der Waals surface area contributed by atoms with Crippen molar-refractivity contribution in [1.29, 1.82) is 0 Å². The molecule has 2 atom stereocenters. The molecule has 0 aromatic rings. The van der Waals surface area contributed by atoms with Gasteiger partial charge in [-0.25, -0.2) is 0 Å². The summed E-state index contributed by atoms with van der Waals surface area (Å²) in [5.41, 5.74) is 5.65. The lowest BCUT2D eigenvalue weighted by Crippen LogP contribution is -2.36. The monoisotopic (exact) mass is 163 g/mol. The van der Waals surface area contributed by atoms with Crippen molar-refractivity contribution in [3.05, 3.63) is 0 Å². The molecule has 1 aliphatic rings. The molecule has 0 spiro atoms. The first-order valence-electron chi connectivity index (χ1n) is 3.50. The van der Waals surface area contributed by atoms with Crippen molar-refractivity contribution in [2.75, 3.05) is 0 Å². The molecule has 0 bridgehead atoms. The smallest absolute Gasteiger partial charge is 0.137 e. The lowest BCUT2D eigenvalue weighted by Gasteiger charge is -2.23. The Morgan fingerprint density at radius 1 is 1.60 bits per heavy atom. The third kappa shape index (κ3) is 1.96. The minimum Gasteiger partial charge on any atom is -0.327 e. The van der Waals surface area contributed by atoms with Crippen LogP contribution in [0.4, 0.5) is 0 Å². The Kier molecular flexibility index (Phi) is 3.91. The molecule has 60 valence electrons. The Bertz CT molecular complexity index is 127. The van der Waals surface area contributed by atoms with Crippen LogP contribution >= 0.6 is 12.4 Å². The number of hydrogen-bond donors (Lipinski definition) is 1. The summed E-state index contributed by atoms with van der Waals surface area (Å²) in [6.45, 7) is 1.92. The molecule has 0 aliphatic heterocycles. The van der Waals surface area contributed by atoms with Gasteiger partial charge in [-0.1, -0.05) is 6.92 Å². The van der Waals surface area contributed by atoms with Crippen molar-refractivity contribution in [1.82, 2.24) is 0 Å². The molecule has 0 aromatic carbocycles. The van der Waals surface area contributed by atoms with Crippen molar-refractivity contribution in [3.63, 3.8) is 0 Å². The Morgan fingerprint density at radius 2 is 2.20 bits per heavy atom. The maximum Gasteiger partial charge on any atom is 0.137 e. The van der Waals surface area contributed by atoms with Crippen LogP contribution in [0.25, 0.3) is 0 Å². The number of Topliss-reactive ketones (excluding diaryl/α,β-unsaturated/α-hetero) is 1. The highest BCUT2D eigenvalue weighted by Gasteiger charge is 2.24. The second-order valence-corrected chi connectivity index (χ2v) is 2.81. The third-order valence-corrected chi connectivity index (χ3v) is 2.11. The summed E-state index contributed by atoms with van der Waals surface area (Å²) in [5.74, 6) is 0.451. The predicted molar refractivity (Wildman–Crippen MR) is 43.2 cm³/mol. The predicted octanol–water partition coefficient (Wildman–Crippen LogP) is 1.12. The average Bonchev–Trinajstić information content (AvgIpc) is 1.83. The molecule has 0 heterocycles. The molecule has 0 aromatic heterocycles. The Labute approximate surface area is 67.6 Å². The zero-order valence-electron chi connectivity index (χ0n) is 6.17. The van der Waals surface area contributed by atoms with Gasteiger partial charge in [0.15, 0.2) is 0 Å². The highest BCUT2D eigenvalue weighted by atomic mass is 35.5. The SMILES string of the molecule is C[C@@H]1C(=O)CCC[C@@H]1N.Cl. The van der Waals surface area contributed by atoms with Crippen LogP contribution < -0.4 is 5.73 Å². The van der Waals surface area contributed by atoms with E-state index >= 15 is 0 Å². The van der Waals surface area contributed by atoms with Crippen LogP contribution in [-0.2, 0) is 4.79 Å². The zero-order valence-corrected chi connectivity index (χ0v) is 6.99. The van der Waals surface area contributed by atoms with Gasteiger partial charge in [0.25, 0.3) is 0 Å². The summed E-state index contributed by atoms with van der Waals surface area (Å²) < 4.78 is 0. The molecule has 1 fully saturated rings. The van der Waals surface area contributed by atoms with Gasteiger partial charge in [-0.15, -0.1) is 12.4 Å². The van der Waals surface area contributed by atoms with Gasteiger partial charge in [0.05, 0.1) is 0 Å². The van der Waals surface area contributed by atoms with E-state index < -0.39 is 0 Å². The molecular weight excluding hydrogens is 150 g/mol. The molecule has 10 heavy (non-hydrogen) atoms. The fourth-order valence-electron chi connectivity index (χ4n) is 1.23. The topological polar surface area (TPSA) is 43.1 Å². The van der Waals surface area contributed by atoms with E-state index in [9.17, 15) is 4.79 Å². The van der Waals surface area contributed by atoms with E-state index in [4.69, 9.17) is 5.73 Å². The van der Waals surface area contributed by atoms with E-state index in [2.05, 4.69) is 0 Å². The maximum atomic E-state index is 10.9. The van der Waals surface area contributed by atoms with Gasteiger partial charge >= 0.3 is 0 Å². The van der Waals surface area contributed by atoms with E-state index in [1.54, 1.807) is 0 Å². The normalized spacial score (nSPS) is 33.2. The molecule has 2 N–H and O–H groups in total. The van der Waals surface area contributed by atoms with Crippen LogP contribution in [0.1, 0.15) is 26.2 Å².